The van der Waals surface area contributed by atoms with Crippen molar-refractivity contribution >= 4 is 43.7 Å². The fourth-order valence-electron chi connectivity index (χ4n) is 4.25. The molecule has 0 saturated heterocycles. The predicted octanol–water partition coefficient (Wildman–Crippen LogP) is 6.90. The van der Waals surface area contributed by atoms with Gasteiger partial charge in [0.1, 0.15) is 11.2 Å². The quantitative estimate of drug-likeness (QED) is 0.316. The van der Waals surface area contributed by atoms with Crippen molar-refractivity contribution in [2.24, 2.45) is 7.05 Å². The maximum Gasteiger partial charge on any atom is 0.135 e. The van der Waals surface area contributed by atoms with Crippen molar-refractivity contribution in [2.45, 2.75) is 0 Å². The summed E-state index contributed by atoms with van der Waals surface area (Å²) in [4.78, 5) is 0. The Morgan fingerprint density at radius 3 is 2.07 bits per heavy atom. The Labute approximate surface area is 156 Å². The number of para-hydroxylation sites is 2. The van der Waals surface area contributed by atoms with Gasteiger partial charge in [0.05, 0.1) is 0 Å². The monoisotopic (exact) mass is 347 g/mol. The molecule has 0 N–H and O–H groups in total. The molecule has 6 rings (SSSR count). The van der Waals surface area contributed by atoms with Gasteiger partial charge in [-0.3, -0.25) is 0 Å². The second-order valence-corrected chi connectivity index (χ2v) is 7.12. The first-order chi connectivity index (χ1) is 13.3. The van der Waals surface area contributed by atoms with Crippen LogP contribution in [-0.2, 0) is 7.05 Å². The molecule has 0 spiro atoms. The molecule has 2 aromatic heterocycles. The van der Waals surface area contributed by atoms with Gasteiger partial charge in [0.15, 0.2) is 0 Å². The van der Waals surface area contributed by atoms with Gasteiger partial charge in [0.2, 0.25) is 0 Å². The van der Waals surface area contributed by atoms with Gasteiger partial charge in [-0.1, -0.05) is 48.5 Å². The Balaban J connectivity index is 1.62. The highest BCUT2D eigenvalue weighted by Crippen LogP contribution is 2.35. The van der Waals surface area contributed by atoms with Crippen molar-refractivity contribution in [3.8, 4) is 11.1 Å². The summed E-state index contributed by atoms with van der Waals surface area (Å²) in [5.74, 6) is 0. The van der Waals surface area contributed by atoms with E-state index in [1.165, 1.54) is 43.7 Å². The molecule has 2 nitrogen and oxygen atoms in total. The topological polar surface area (TPSA) is 18.1 Å². The molecular formula is C25H17NO. The minimum atomic E-state index is 0.936. The lowest BCUT2D eigenvalue weighted by Crippen LogP contribution is -1.86. The van der Waals surface area contributed by atoms with E-state index in [2.05, 4.69) is 84.4 Å². The maximum atomic E-state index is 5.97. The average Bonchev–Trinajstić information content (AvgIpc) is 3.23. The third-order valence-electron chi connectivity index (χ3n) is 5.62. The highest BCUT2D eigenvalue weighted by Gasteiger charge is 2.11. The summed E-state index contributed by atoms with van der Waals surface area (Å²) >= 11 is 0. The van der Waals surface area contributed by atoms with E-state index in [-0.39, 0.29) is 0 Å². The molecule has 0 aliphatic heterocycles. The summed E-state index contributed by atoms with van der Waals surface area (Å²) in [5, 5.41) is 4.93. The van der Waals surface area contributed by atoms with Gasteiger partial charge in [0, 0.05) is 39.6 Å². The molecule has 2 heteroatoms. The number of rotatable bonds is 1. The zero-order chi connectivity index (χ0) is 18.0. The smallest absolute Gasteiger partial charge is 0.135 e. The molecule has 4 aromatic carbocycles. The fourth-order valence-corrected chi connectivity index (χ4v) is 4.25. The number of fused-ring (bicyclic) bond motifs is 6. The van der Waals surface area contributed by atoms with Crippen LogP contribution in [0.25, 0.3) is 54.9 Å². The third kappa shape index (κ3) is 2.01. The molecule has 0 bridgehead atoms. The SMILES string of the molecule is Cn1c2ccccc2c2cc(-c3ccc4oc5ccccc5c4c3)ccc21. The molecule has 128 valence electrons. The van der Waals surface area contributed by atoms with Crippen LogP contribution in [0.4, 0.5) is 0 Å². The second-order valence-electron chi connectivity index (χ2n) is 7.12. The molecule has 27 heavy (non-hydrogen) atoms. The minimum Gasteiger partial charge on any atom is -0.456 e. The predicted molar refractivity (Wildman–Crippen MR) is 113 cm³/mol. The van der Waals surface area contributed by atoms with Crippen molar-refractivity contribution in [2.75, 3.05) is 0 Å². The molecule has 0 unspecified atom stereocenters. The first-order valence-electron chi connectivity index (χ1n) is 9.18. The first kappa shape index (κ1) is 14.6. The summed E-state index contributed by atoms with van der Waals surface area (Å²) in [6.45, 7) is 0. The molecule has 0 aliphatic rings. The van der Waals surface area contributed by atoms with Gasteiger partial charge in [0.25, 0.3) is 0 Å². The zero-order valence-electron chi connectivity index (χ0n) is 14.9. The Morgan fingerprint density at radius 1 is 0.556 bits per heavy atom. The van der Waals surface area contributed by atoms with Crippen molar-refractivity contribution in [3.05, 3.63) is 84.9 Å². The Morgan fingerprint density at radius 2 is 1.19 bits per heavy atom. The number of hydrogen-bond acceptors (Lipinski definition) is 1. The molecule has 0 amide bonds. The van der Waals surface area contributed by atoms with Crippen LogP contribution in [0.2, 0.25) is 0 Å². The van der Waals surface area contributed by atoms with Gasteiger partial charge in [-0.05, 0) is 47.5 Å². The molecule has 0 atom stereocenters. The normalized spacial score (nSPS) is 11.9. The van der Waals surface area contributed by atoms with Crippen LogP contribution in [0, 0.1) is 0 Å². The lowest BCUT2D eigenvalue weighted by Gasteiger charge is -2.04. The van der Waals surface area contributed by atoms with E-state index in [4.69, 9.17) is 4.42 Å². The van der Waals surface area contributed by atoms with E-state index in [0.717, 1.165) is 11.2 Å². The van der Waals surface area contributed by atoms with Gasteiger partial charge in [-0.25, -0.2) is 0 Å². The molecular weight excluding hydrogens is 330 g/mol. The van der Waals surface area contributed by atoms with Crippen LogP contribution >= 0.6 is 0 Å². The van der Waals surface area contributed by atoms with Crippen LogP contribution < -0.4 is 0 Å². The van der Waals surface area contributed by atoms with Gasteiger partial charge < -0.3 is 8.98 Å². The van der Waals surface area contributed by atoms with Crippen LogP contribution in [0.5, 0.6) is 0 Å². The molecule has 0 aliphatic carbocycles. The number of aryl methyl sites for hydroxylation is 1. The number of hydrogen-bond donors (Lipinski definition) is 0. The Hall–Kier alpha value is -3.52. The molecule has 0 saturated carbocycles. The largest absolute Gasteiger partial charge is 0.456 e. The number of benzene rings is 4. The first-order valence-corrected chi connectivity index (χ1v) is 9.18. The summed E-state index contributed by atoms with van der Waals surface area (Å²) in [5.41, 5.74) is 6.84. The molecule has 2 heterocycles. The Bertz CT molecular complexity index is 1480. The Kier molecular flexibility index (Phi) is 2.84. The summed E-state index contributed by atoms with van der Waals surface area (Å²) in [7, 11) is 2.13. The molecule has 0 radical (unpaired) electrons. The van der Waals surface area contributed by atoms with Gasteiger partial charge in [-0.15, -0.1) is 0 Å². The highest BCUT2D eigenvalue weighted by atomic mass is 16.3. The summed E-state index contributed by atoms with van der Waals surface area (Å²) < 4.78 is 8.24. The van der Waals surface area contributed by atoms with Crippen LogP contribution in [-0.4, -0.2) is 4.57 Å². The number of aromatic nitrogens is 1. The standard InChI is InChI=1S/C25H17NO/c1-26-22-8-4-2-6-18(22)20-14-16(10-12-23(20)26)17-11-13-25-21(15-17)19-7-3-5-9-24(19)27-25/h2-15H,1H3. The van der Waals surface area contributed by atoms with E-state index in [1.54, 1.807) is 0 Å². The highest BCUT2D eigenvalue weighted by molar-refractivity contribution is 6.10. The number of furan rings is 1. The lowest BCUT2D eigenvalue weighted by atomic mass is 10.0. The number of nitrogens with zero attached hydrogens (tertiary/aromatic N) is 1. The minimum absolute atomic E-state index is 0.936. The zero-order valence-corrected chi connectivity index (χ0v) is 14.9. The fraction of sp³-hybridized carbons (Fsp3) is 0.0400. The van der Waals surface area contributed by atoms with E-state index in [0.29, 0.717) is 0 Å². The van der Waals surface area contributed by atoms with Gasteiger partial charge >= 0.3 is 0 Å². The average molecular weight is 347 g/mol. The van der Waals surface area contributed by atoms with E-state index in [1.807, 2.05) is 12.1 Å². The van der Waals surface area contributed by atoms with Crippen molar-refractivity contribution in [3.63, 3.8) is 0 Å². The second kappa shape index (κ2) is 5.24. The van der Waals surface area contributed by atoms with Crippen molar-refractivity contribution in [1.29, 1.82) is 0 Å². The van der Waals surface area contributed by atoms with E-state index < -0.39 is 0 Å². The van der Waals surface area contributed by atoms with Crippen molar-refractivity contribution < 1.29 is 4.42 Å². The summed E-state index contributed by atoms with van der Waals surface area (Å²) in [6, 6.07) is 30.0. The van der Waals surface area contributed by atoms with Crippen molar-refractivity contribution in [1.82, 2.24) is 4.57 Å². The molecule has 0 fully saturated rings. The van der Waals surface area contributed by atoms with Crippen LogP contribution in [0.3, 0.4) is 0 Å². The van der Waals surface area contributed by atoms with Gasteiger partial charge in [-0.2, -0.15) is 0 Å². The maximum absolute atomic E-state index is 5.97. The van der Waals surface area contributed by atoms with E-state index in [9.17, 15) is 0 Å². The summed E-state index contributed by atoms with van der Waals surface area (Å²) in [6.07, 6.45) is 0. The van der Waals surface area contributed by atoms with Crippen LogP contribution in [0.1, 0.15) is 0 Å². The lowest BCUT2D eigenvalue weighted by molar-refractivity contribution is 0.669. The van der Waals surface area contributed by atoms with Crippen LogP contribution in [0.15, 0.2) is 89.3 Å². The molecule has 6 aromatic rings. The third-order valence-corrected chi connectivity index (χ3v) is 5.62. The van der Waals surface area contributed by atoms with E-state index >= 15 is 0 Å².